The van der Waals surface area contributed by atoms with Crippen LogP contribution in [0.3, 0.4) is 0 Å². The summed E-state index contributed by atoms with van der Waals surface area (Å²) in [5.41, 5.74) is 0.760. The van der Waals surface area contributed by atoms with Gasteiger partial charge in [-0.1, -0.05) is 12.7 Å². The maximum Gasteiger partial charge on any atom is 0.310 e. The van der Waals surface area contributed by atoms with Gasteiger partial charge in [-0.05, 0) is 17.7 Å². The van der Waals surface area contributed by atoms with Gasteiger partial charge in [-0.25, -0.2) is 0 Å². The van der Waals surface area contributed by atoms with Crippen LogP contribution in [0.5, 0.6) is 5.75 Å². The van der Waals surface area contributed by atoms with Crippen LogP contribution in [0.4, 0.5) is 5.69 Å². The van der Waals surface area contributed by atoms with Crippen molar-refractivity contribution >= 4 is 11.8 Å². The van der Waals surface area contributed by atoms with Gasteiger partial charge in [-0.2, -0.15) is 0 Å². The average Bonchev–Trinajstić information content (AvgIpc) is 2.16. The van der Waals surface area contributed by atoms with E-state index in [0.717, 1.165) is 5.56 Å². The molecule has 4 heteroatoms. The minimum Gasteiger partial charge on any atom is -0.490 e. The molecule has 0 aliphatic heterocycles. The highest BCUT2D eigenvalue weighted by Gasteiger charge is 2.13. The van der Waals surface area contributed by atoms with Gasteiger partial charge in [0.15, 0.2) is 5.75 Å². The second kappa shape index (κ2) is 3.71. The number of nitro groups is 1. The molecule has 0 aliphatic carbocycles. The Morgan fingerprint density at radius 2 is 2.31 bits per heavy atom. The van der Waals surface area contributed by atoms with Crippen molar-refractivity contribution in [1.82, 2.24) is 0 Å². The first kappa shape index (κ1) is 9.25. The SMILES string of the molecule is C=Cc1ccc([N+](=O)[O-])c(OC)c1. The van der Waals surface area contributed by atoms with E-state index in [4.69, 9.17) is 4.74 Å². The van der Waals surface area contributed by atoms with E-state index in [1.165, 1.54) is 13.2 Å². The van der Waals surface area contributed by atoms with Crippen molar-refractivity contribution in [3.63, 3.8) is 0 Å². The molecule has 0 N–H and O–H groups in total. The van der Waals surface area contributed by atoms with E-state index in [0.29, 0.717) is 0 Å². The molecule has 4 nitrogen and oxygen atoms in total. The predicted molar refractivity (Wildman–Crippen MR) is 49.7 cm³/mol. The quantitative estimate of drug-likeness (QED) is 0.528. The van der Waals surface area contributed by atoms with Crippen molar-refractivity contribution in [3.8, 4) is 5.75 Å². The third kappa shape index (κ3) is 1.84. The molecule has 0 saturated heterocycles. The first-order valence-electron chi connectivity index (χ1n) is 3.64. The van der Waals surface area contributed by atoms with E-state index in [2.05, 4.69) is 6.58 Å². The van der Waals surface area contributed by atoms with Crippen LogP contribution in [0.1, 0.15) is 5.56 Å². The Hall–Kier alpha value is -1.84. The summed E-state index contributed by atoms with van der Waals surface area (Å²) in [6, 6.07) is 4.59. The summed E-state index contributed by atoms with van der Waals surface area (Å²) in [6.45, 7) is 3.56. The first-order valence-corrected chi connectivity index (χ1v) is 3.64. The Bertz CT molecular complexity index is 347. The molecule has 0 saturated carbocycles. The van der Waals surface area contributed by atoms with E-state index >= 15 is 0 Å². The molecule has 0 heterocycles. The Morgan fingerprint density at radius 3 is 2.77 bits per heavy atom. The van der Waals surface area contributed by atoms with Crippen molar-refractivity contribution in [1.29, 1.82) is 0 Å². The third-order valence-corrected chi connectivity index (χ3v) is 1.64. The fourth-order valence-corrected chi connectivity index (χ4v) is 0.972. The molecule has 0 unspecified atom stereocenters. The molecule has 0 aliphatic rings. The van der Waals surface area contributed by atoms with Gasteiger partial charge >= 0.3 is 5.69 Å². The molecule has 0 spiro atoms. The highest BCUT2D eigenvalue weighted by Crippen LogP contribution is 2.27. The fourth-order valence-electron chi connectivity index (χ4n) is 0.972. The molecule has 13 heavy (non-hydrogen) atoms. The number of hydrogen-bond acceptors (Lipinski definition) is 3. The van der Waals surface area contributed by atoms with Gasteiger partial charge in [0.05, 0.1) is 12.0 Å². The van der Waals surface area contributed by atoms with Crippen LogP contribution in [0.2, 0.25) is 0 Å². The maximum atomic E-state index is 10.5. The molecule has 0 radical (unpaired) electrons. The first-order chi connectivity index (χ1) is 6.19. The van der Waals surface area contributed by atoms with Gasteiger partial charge in [0.1, 0.15) is 0 Å². The average molecular weight is 179 g/mol. The summed E-state index contributed by atoms with van der Waals surface area (Å²) < 4.78 is 4.86. The number of benzene rings is 1. The fraction of sp³-hybridized carbons (Fsp3) is 0.111. The molecule has 1 aromatic carbocycles. The largest absolute Gasteiger partial charge is 0.490 e. The zero-order chi connectivity index (χ0) is 9.84. The lowest BCUT2D eigenvalue weighted by atomic mass is 10.2. The number of methoxy groups -OCH3 is 1. The highest BCUT2D eigenvalue weighted by atomic mass is 16.6. The van der Waals surface area contributed by atoms with Crippen molar-refractivity contribution in [3.05, 3.63) is 40.5 Å². The second-order valence-corrected chi connectivity index (χ2v) is 2.39. The van der Waals surface area contributed by atoms with Crippen molar-refractivity contribution < 1.29 is 9.66 Å². The highest BCUT2D eigenvalue weighted by molar-refractivity contribution is 5.57. The van der Waals surface area contributed by atoms with Crippen molar-refractivity contribution in [2.24, 2.45) is 0 Å². The van der Waals surface area contributed by atoms with Gasteiger partial charge in [0.2, 0.25) is 0 Å². The minimum atomic E-state index is -0.480. The standard InChI is InChI=1S/C9H9NO3/c1-3-7-4-5-8(10(11)12)9(6-7)13-2/h3-6H,1H2,2H3. The van der Waals surface area contributed by atoms with Crippen LogP contribution in [-0.4, -0.2) is 12.0 Å². The number of ether oxygens (including phenoxy) is 1. The number of nitro benzene ring substituents is 1. The van der Waals surface area contributed by atoms with Crippen LogP contribution >= 0.6 is 0 Å². The van der Waals surface area contributed by atoms with E-state index in [1.54, 1.807) is 18.2 Å². The van der Waals surface area contributed by atoms with Crippen LogP contribution in [0.15, 0.2) is 24.8 Å². The zero-order valence-electron chi connectivity index (χ0n) is 7.19. The van der Waals surface area contributed by atoms with Crippen LogP contribution in [0, 0.1) is 10.1 Å². The number of nitrogens with zero attached hydrogens (tertiary/aromatic N) is 1. The Balaban J connectivity index is 3.23. The lowest BCUT2D eigenvalue weighted by molar-refractivity contribution is -0.385. The molecule has 0 bridgehead atoms. The van der Waals surface area contributed by atoms with Gasteiger partial charge in [-0.15, -0.1) is 0 Å². The van der Waals surface area contributed by atoms with Gasteiger partial charge < -0.3 is 4.74 Å². The van der Waals surface area contributed by atoms with E-state index < -0.39 is 4.92 Å². The normalized spacial score (nSPS) is 9.31. The van der Waals surface area contributed by atoms with Crippen LogP contribution in [-0.2, 0) is 0 Å². The van der Waals surface area contributed by atoms with Gasteiger partial charge in [0, 0.05) is 6.07 Å². The lowest BCUT2D eigenvalue weighted by Crippen LogP contribution is -1.93. The van der Waals surface area contributed by atoms with Gasteiger partial charge in [0.25, 0.3) is 0 Å². The zero-order valence-corrected chi connectivity index (χ0v) is 7.19. The van der Waals surface area contributed by atoms with Crippen molar-refractivity contribution in [2.45, 2.75) is 0 Å². The monoisotopic (exact) mass is 179 g/mol. The maximum absolute atomic E-state index is 10.5. The van der Waals surface area contributed by atoms with E-state index in [1.807, 2.05) is 0 Å². The molecule has 1 rings (SSSR count). The van der Waals surface area contributed by atoms with Crippen molar-refractivity contribution in [2.75, 3.05) is 7.11 Å². The predicted octanol–water partition coefficient (Wildman–Crippen LogP) is 2.25. The van der Waals surface area contributed by atoms with Crippen LogP contribution < -0.4 is 4.74 Å². The van der Waals surface area contributed by atoms with Crippen LogP contribution in [0.25, 0.3) is 6.08 Å². The number of rotatable bonds is 3. The molecule has 0 aromatic heterocycles. The Labute approximate surface area is 75.6 Å². The molecule has 0 amide bonds. The third-order valence-electron chi connectivity index (χ3n) is 1.64. The summed E-state index contributed by atoms with van der Waals surface area (Å²) in [7, 11) is 1.40. The molecule has 68 valence electrons. The molecule has 0 atom stereocenters. The summed E-state index contributed by atoms with van der Waals surface area (Å²) in [4.78, 5) is 10.00. The van der Waals surface area contributed by atoms with Gasteiger partial charge in [-0.3, -0.25) is 10.1 Å². The topological polar surface area (TPSA) is 52.4 Å². The smallest absolute Gasteiger partial charge is 0.310 e. The summed E-state index contributed by atoms with van der Waals surface area (Å²) in [5.74, 6) is 0.252. The molecule has 1 aromatic rings. The van der Waals surface area contributed by atoms with E-state index in [-0.39, 0.29) is 11.4 Å². The molecular weight excluding hydrogens is 170 g/mol. The summed E-state index contributed by atoms with van der Waals surface area (Å²) >= 11 is 0. The minimum absolute atomic E-state index is 0.0342. The second-order valence-electron chi connectivity index (χ2n) is 2.39. The Morgan fingerprint density at radius 1 is 1.62 bits per heavy atom. The number of hydrogen-bond donors (Lipinski definition) is 0. The Kier molecular flexibility index (Phi) is 2.64. The summed E-state index contributed by atoms with van der Waals surface area (Å²) in [6.07, 6.45) is 1.60. The molecular formula is C9H9NO3. The summed E-state index contributed by atoms with van der Waals surface area (Å²) in [5, 5.41) is 10.5. The molecule has 0 fully saturated rings. The van der Waals surface area contributed by atoms with E-state index in [9.17, 15) is 10.1 Å². The lowest BCUT2D eigenvalue weighted by Gasteiger charge is -2.01.